The molecule has 0 N–H and O–H groups in total. The van der Waals surface area contributed by atoms with Crippen LogP contribution in [0, 0.1) is 93.7 Å². The van der Waals surface area contributed by atoms with E-state index in [1.807, 2.05) is 74.5 Å². The third-order valence-corrected chi connectivity index (χ3v) is 22.5. The maximum absolute atomic E-state index is 12.7. The van der Waals surface area contributed by atoms with Gasteiger partial charge in [0.1, 0.15) is 45.8 Å². The van der Waals surface area contributed by atoms with Crippen LogP contribution in [0.1, 0.15) is 179 Å². The highest BCUT2D eigenvalue weighted by Gasteiger charge is 2.39. The molecule has 12 aromatic rings. The number of fused-ring (bicyclic) bond motifs is 3. The van der Waals surface area contributed by atoms with Crippen LogP contribution < -0.4 is 42.0 Å². The lowest BCUT2D eigenvalue weighted by molar-refractivity contribution is 0.139. The largest absolute Gasteiger partial charge is 0.493 e. The summed E-state index contributed by atoms with van der Waals surface area (Å²) in [6.07, 6.45) is 7.66. The van der Waals surface area contributed by atoms with Crippen LogP contribution in [-0.2, 0) is 0 Å². The summed E-state index contributed by atoms with van der Waals surface area (Å²) in [5.41, 5.74) is 12.3. The zero-order chi connectivity index (χ0) is 77.7. The predicted octanol–water partition coefficient (Wildman–Crippen LogP) is 20.9. The third kappa shape index (κ3) is 18.5. The normalized spacial score (nSPS) is 14.5. The molecule has 0 fully saturated rings. The third-order valence-electron chi connectivity index (χ3n) is 22.5. The minimum atomic E-state index is -0.627. The number of aryl methyl sites for hydroxylation is 2. The highest BCUT2D eigenvalue weighted by molar-refractivity contribution is 6.85. The molecule has 0 saturated carbocycles. The second-order valence-electron chi connectivity index (χ2n) is 36.3. The van der Waals surface area contributed by atoms with Gasteiger partial charge in [-0.3, -0.25) is 0 Å². The molecule has 0 saturated heterocycles. The van der Waals surface area contributed by atoms with Crippen molar-refractivity contribution in [2.45, 2.75) is 170 Å². The molecule has 4 heterocycles. The average Bonchev–Trinajstić information content (AvgIpc) is 1.52. The fourth-order valence-corrected chi connectivity index (χ4v) is 16.9. The lowest BCUT2D eigenvalue weighted by atomic mass is 9.50. The number of hydrogen-bond acceptors (Lipinski definition) is 8. The summed E-state index contributed by atoms with van der Waals surface area (Å²) in [4.78, 5) is 10.6. The molecule has 12 heteroatoms. The molecule has 10 nitrogen and oxygen atoms in total. The van der Waals surface area contributed by atoms with Crippen LogP contribution in [0.3, 0.4) is 0 Å². The number of rotatable bonds is 27. The van der Waals surface area contributed by atoms with Crippen molar-refractivity contribution in [3.63, 3.8) is 0 Å². The van der Waals surface area contributed by atoms with Crippen molar-refractivity contribution < 1.29 is 18.3 Å². The molecule has 0 spiro atoms. The quantitative estimate of drug-likeness (QED) is 0.0466. The van der Waals surface area contributed by atoms with Crippen molar-refractivity contribution in [3.8, 4) is 46.2 Å². The van der Waals surface area contributed by atoms with Gasteiger partial charge in [0.15, 0.2) is 11.2 Å². The molecule has 0 bridgehead atoms. The molecule has 12 rings (SSSR count). The van der Waals surface area contributed by atoms with Crippen molar-refractivity contribution in [3.05, 3.63) is 240 Å². The summed E-state index contributed by atoms with van der Waals surface area (Å²) in [6, 6.07) is 76.7. The highest BCUT2D eigenvalue weighted by Crippen LogP contribution is 2.41. The molecule has 6 atom stereocenters. The molecule has 4 aromatic heterocycles. The maximum Gasteiger partial charge on any atom is 0.328 e. The fourth-order valence-electron chi connectivity index (χ4n) is 16.9. The van der Waals surface area contributed by atoms with Gasteiger partial charge < -0.3 is 27.3 Å². The smallest absolute Gasteiger partial charge is 0.328 e. The predicted molar refractivity (Wildman–Crippen MR) is 455 cm³/mol. The number of aromatic nitrogens is 4. The minimum absolute atomic E-state index is 0.146. The van der Waals surface area contributed by atoms with Crippen molar-refractivity contribution in [2.75, 3.05) is 13.2 Å². The topological polar surface area (TPSA) is 128 Å². The van der Waals surface area contributed by atoms with Crippen molar-refractivity contribution in [2.24, 2.45) is 57.2 Å². The van der Waals surface area contributed by atoms with Gasteiger partial charge >= 0.3 is 13.7 Å². The second-order valence-corrected chi connectivity index (χ2v) is 36.3. The van der Waals surface area contributed by atoms with Crippen LogP contribution in [0.5, 0.6) is 11.5 Å². The summed E-state index contributed by atoms with van der Waals surface area (Å²) in [5.74, 6) is 4.37. The van der Waals surface area contributed by atoms with Gasteiger partial charge in [-0.05, 0) is 205 Å². The van der Waals surface area contributed by atoms with E-state index in [0.717, 1.165) is 112 Å². The first-order valence-electron chi connectivity index (χ1n) is 39.7. The lowest BCUT2D eigenvalue weighted by Gasteiger charge is -2.33. The monoisotopic (exact) mass is 1450 g/mol. The molecular formula is C97H112B2N6O4. The van der Waals surface area contributed by atoms with E-state index in [-0.39, 0.29) is 44.6 Å². The van der Waals surface area contributed by atoms with E-state index in [1.54, 1.807) is 0 Å². The van der Waals surface area contributed by atoms with Crippen LogP contribution in [-0.4, -0.2) is 45.8 Å². The maximum atomic E-state index is 12.7. The first-order valence-corrected chi connectivity index (χ1v) is 39.7. The van der Waals surface area contributed by atoms with E-state index in [1.165, 1.54) is 0 Å². The van der Waals surface area contributed by atoms with E-state index in [4.69, 9.17) is 28.3 Å². The van der Waals surface area contributed by atoms with Gasteiger partial charge in [-0.2, -0.15) is 10.5 Å². The molecule has 109 heavy (non-hydrogen) atoms. The van der Waals surface area contributed by atoms with Crippen molar-refractivity contribution in [1.82, 2.24) is 18.9 Å². The number of ether oxygens (including phenoxy) is 2. The highest BCUT2D eigenvalue weighted by atomic mass is 16.5. The van der Waals surface area contributed by atoms with Gasteiger partial charge in [-0.15, -0.1) is 0 Å². The van der Waals surface area contributed by atoms with Crippen LogP contribution in [0.4, 0.5) is 0 Å². The minimum Gasteiger partial charge on any atom is -0.493 e. The first kappa shape index (κ1) is 78.5. The Morgan fingerprint density at radius 2 is 0.771 bits per heavy atom. The Bertz CT molecular complexity index is 5110. The molecule has 0 radical (unpaired) electrons. The Kier molecular flexibility index (Phi) is 23.8. The van der Waals surface area contributed by atoms with Crippen LogP contribution in [0.15, 0.2) is 215 Å². The number of oxazole rings is 2. The molecule has 6 unspecified atom stereocenters. The van der Waals surface area contributed by atoms with E-state index >= 15 is 0 Å². The van der Waals surface area contributed by atoms with Crippen molar-refractivity contribution in [1.29, 1.82) is 10.5 Å². The number of nitrogens with zero attached hydrogens (tertiary/aromatic N) is 6. The van der Waals surface area contributed by atoms with E-state index in [2.05, 4.69) is 277 Å². The van der Waals surface area contributed by atoms with Gasteiger partial charge in [-0.25, -0.2) is 9.97 Å². The molecule has 0 aliphatic rings. The molecular weight excluding hydrogens is 1330 g/mol. The van der Waals surface area contributed by atoms with Gasteiger partial charge in [0.25, 0.3) is 0 Å². The van der Waals surface area contributed by atoms with Crippen LogP contribution >= 0.6 is 0 Å². The van der Waals surface area contributed by atoms with Gasteiger partial charge in [0.05, 0.1) is 23.9 Å². The van der Waals surface area contributed by atoms with E-state index in [0.29, 0.717) is 92.4 Å². The zero-order valence-electron chi connectivity index (χ0n) is 67.9. The van der Waals surface area contributed by atoms with Crippen LogP contribution in [0.25, 0.3) is 66.6 Å². The molecule has 0 aliphatic carbocycles. The average molecular weight is 1450 g/mol. The summed E-state index contributed by atoms with van der Waals surface area (Å²) in [7, 11) is 0. The van der Waals surface area contributed by atoms with Crippen molar-refractivity contribution >= 4 is 79.7 Å². The first-order chi connectivity index (χ1) is 51.9. The van der Waals surface area contributed by atoms with Gasteiger partial charge in [0.2, 0.25) is 11.8 Å². The Labute approximate surface area is 649 Å². The van der Waals surface area contributed by atoms with E-state index in [9.17, 15) is 10.5 Å². The fraction of sp³-hybridized carbons (Fsp3) is 0.381. The van der Waals surface area contributed by atoms with Crippen LogP contribution in [0.2, 0.25) is 0 Å². The standard InChI is InChI=1S/C97H112B2N6O4/c1-64-40-53-84-82(55-64)102-92(108-84)80(60-100)90-86-87(89(105(90)99(76-35-27-21-28-36-76)77-37-29-22-30-38-77)71-47-51-79(52-48-71)107-63-73(68(5)59-96(13,14)15)44-42-69(6)97(16,17)18)91(81(61-101)93-103-83-56-65(2)41-54-85(83)109-93)104(98(74-31-23-19-24-32-74)75-33-25-20-26-34-75)88(86)70-45-49-78(50-46-70)106-62-72(67(4)58-95(10,11)12)43-39-66(3)57-94(7,8)9/h19-38,40-41,45-56,66-69,72-73H,39,42-44,57-59,62-63H2,1-18H3/b90-80-,91-81-. The Morgan fingerprint density at radius 3 is 1.09 bits per heavy atom. The lowest BCUT2D eigenvalue weighted by Crippen LogP contribution is -2.54. The van der Waals surface area contributed by atoms with Gasteiger partial charge in [0, 0.05) is 22.2 Å². The Balaban J connectivity index is 1.24. The summed E-state index contributed by atoms with van der Waals surface area (Å²) < 4.78 is 32.9. The molecule has 0 aliphatic heterocycles. The van der Waals surface area contributed by atoms with E-state index < -0.39 is 13.7 Å². The summed E-state index contributed by atoms with van der Waals surface area (Å²) in [5, 5.41) is 27.9. The zero-order valence-corrected chi connectivity index (χ0v) is 67.9. The molecule has 8 aromatic carbocycles. The van der Waals surface area contributed by atoms with Gasteiger partial charge in [-0.1, -0.05) is 273 Å². The Morgan fingerprint density at radius 1 is 0.431 bits per heavy atom. The number of benzene rings is 8. The second kappa shape index (κ2) is 33.0. The summed E-state index contributed by atoms with van der Waals surface area (Å²) >= 11 is 0. The number of nitriles is 2. The molecule has 560 valence electrons. The molecule has 0 amide bonds. The SMILES string of the molecule is Cc1ccc2oc(/C(C#N)=c3/c4c(-c5ccc(OCC(CCC(C)C(C)(C)C)C(C)CC(C)(C)C)cc5)n(B(c5ccccc5)c5ccccc5)/c(=C(/C#N)c5nc6cc(C)ccc6o5)c4c(-c4ccc(OCC(CCC(C)CC(C)(C)C)C(C)CC(C)(C)C)cc4)n3B(c3ccccc3)c3ccccc3)nc2c1. The number of hydrogen-bond donors (Lipinski definition) is 0. The Hall–Kier alpha value is -10.0. The summed E-state index contributed by atoms with van der Waals surface area (Å²) in [6.45, 7) is 41.7.